The van der Waals surface area contributed by atoms with Crippen molar-refractivity contribution < 1.29 is 13.9 Å². The Morgan fingerprint density at radius 2 is 1.92 bits per heavy atom. The second kappa shape index (κ2) is 9.79. The number of carbonyl (C=O) groups is 1. The molecule has 0 saturated carbocycles. The number of rotatable bonds is 9. The lowest BCUT2D eigenvalue weighted by molar-refractivity contribution is 0.0757. The van der Waals surface area contributed by atoms with Crippen molar-refractivity contribution in [3.8, 4) is 0 Å². The molecule has 0 aromatic heterocycles. The Morgan fingerprint density at radius 3 is 2.64 bits per heavy atom. The van der Waals surface area contributed by atoms with Gasteiger partial charge in [0.25, 0.3) is 5.91 Å². The molecule has 0 radical (unpaired) electrons. The molecule has 0 fully saturated rings. The highest BCUT2D eigenvalue weighted by molar-refractivity contribution is 5.95. The van der Waals surface area contributed by atoms with Crippen LogP contribution in [-0.2, 0) is 11.3 Å². The van der Waals surface area contributed by atoms with Gasteiger partial charge in [-0.05, 0) is 56.2 Å². The second-order valence-electron chi connectivity index (χ2n) is 6.09. The summed E-state index contributed by atoms with van der Waals surface area (Å²) in [6, 6.07) is 13.7. The van der Waals surface area contributed by atoms with Crippen molar-refractivity contribution in [2.45, 2.75) is 32.9 Å². The molecule has 5 heteroatoms. The molecule has 0 heterocycles. The number of ether oxygens (including phenoxy) is 1. The standard InChI is InChI=1S/C20H25FN2O2/c1-15(2)25-12-4-11-22-20(24)17-5-3-6-19(13-17)23-14-16-7-9-18(21)10-8-16/h3,5-10,13,15,23H,4,11-12,14H2,1-2H3,(H,22,24). The van der Waals surface area contributed by atoms with Gasteiger partial charge in [0.05, 0.1) is 6.10 Å². The first-order valence-corrected chi connectivity index (χ1v) is 8.53. The Kier molecular flexibility index (Phi) is 7.41. The van der Waals surface area contributed by atoms with Crippen molar-refractivity contribution in [2.75, 3.05) is 18.5 Å². The van der Waals surface area contributed by atoms with Crippen LogP contribution in [0, 0.1) is 5.82 Å². The maximum atomic E-state index is 12.9. The number of anilines is 1. The van der Waals surface area contributed by atoms with E-state index in [2.05, 4.69) is 10.6 Å². The fraction of sp³-hybridized carbons (Fsp3) is 0.350. The molecule has 0 aliphatic carbocycles. The van der Waals surface area contributed by atoms with Crippen molar-refractivity contribution in [1.29, 1.82) is 0 Å². The summed E-state index contributed by atoms with van der Waals surface area (Å²) < 4.78 is 18.4. The molecular formula is C20H25FN2O2. The summed E-state index contributed by atoms with van der Waals surface area (Å²) in [4.78, 5) is 12.2. The summed E-state index contributed by atoms with van der Waals surface area (Å²) in [5, 5.41) is 6.13. The average molecular weight is 344 g/mol. The first kappa shape index (κ1) is 18.9. The topological polar surface area (TPSA) is 50.4 Å². The molecule has 2 aromatic rings. The molecule has 2 N–H and O–H groups in total. The second-order valence-corrected chi connectivity index (χ2v) is 6.09. The minimum absolute atomic E-state index is 0.102. The molecule has 0 saturated heterocycles. The SMILES string of the molecule is CC(C)OCCCNC(=O)c1cccc(NCc2ccc(F)cc2)c1. The zero-order chi connectivity index (χ0) is 18.1. The largest absolute Gasteiger partial charge is 0.381 e. The lowest BCUT2D eigenvalue weighted by Gasteiger charge is -2.10. The zero-order valence-electron chi connectivity index (χ0n) is 14.7. The van der Waals surface area contributed by atoms with Gasteiger partial charge in [0.1, 0.15) is 5.82 Å². The normalized spacial score (nSPS) is 10.7. The Labute approximate surface area is 148 Å². The summed E-state index contributed by atoms with van der Waals surface area (Å²) in [6.07, 6.45) is 0.992. The van der Waals surface area contributed by atoms with Gasteiger partial charge in [0.15, 0.2) is 0 Å². The van der Waals surface area contributed by atoms with Crippen LogP contribution in [0.25, 0.3) is 0 Å². The number of hydrogen-bond acceptors (Lipinski definition) is 3. The third-order valence-corrected chi connectivity index (χ3v) is 3.59. The summed E-state index contributed by atoms with van der Waals surface area (Å²) in [6.45, 7) is 5.76. The van der Waals surface area contributed by atoms with E-state index in [0.717, 1.165) is 17.7 Å². The lowest BCUT2D eigenvalue weighted by atomic mass is 10.1. The molecule has 0 aliphatic heterocycles. The minimum Gasteiger partial charge on any atom is -0.381 e. The first-order chi connectivity index (χ1) is 12.0. The number of halogens is 1. The predicted molar refractivity (Wildman–Crippen MR) is 98.2 cm³/mol. The quantitative estimate of drug-likeness (QED) is 0.677. The van der Waals surface area contributed by atoms with Gasteiger partial charge >= 0.3 is 0 Å². The average Bonchev–Trinajstić information content (AvgIpc) is 2.61. The lowest BCUT2D eigenvalue weighted by Crippen LogP contribution is -2.25. The highest BCUT2D eigenvalue weighted by Crippen LogP contribution is 2.13. The van der Waals surface area contributed by atoms with E-state index in [4.69, 9.17) is 4.74 Å². The molecule has 0 unspecified atom stereocenters. The third-order valence-electron chi connectivity index (χ3n) is 3.59. The van der Waals surface area contributed by atoms with Gasteiger partial charge in [-0.15, -0.1) is 0 Å². The number of hydrogen-bond donors (Lipinski definition) is 2. The molecule has 2 aromatic carbocycles. The van der Waals surface area contributed by atoms with Gasteiger partial charge in [-0.1, -0.05) is 18.2 Å². The van der Waals surface area contributed by atoms with Crippen molar-refractivity contribution in [3.63, 3.8) is 0 Å². The highest BCUT2D eigenvalue weighted by atomic mass is 19.1. The highest BCUT2D eigenvalue weighted by Gasteiger charge is 2.06. The maximum Gasteiger partial charge on any atom is 0.251 e. The summed E-state index contributed by atoms with van der Waals surface area (Å²) in [7, 11) is 0. The van der Waals surface area contributed by atoms with E-state index < -0.39 is 0 Å². The van der Waals surface area contributed by atoms with E-state index in [9.17, 15) is 9.18 Å². The van der Waals surface area contributed by atoms with Crippen LogP contribution in [0.15, 0.2) is 48.5 Å². The first-order valence-electron chi connectivity index (χ1n) is 8.53. The third kappa shape index (κ3) is 6.93. The molecule has 4 nitrogen and oxygen atoms in total. The zero-order valence-corrected chi connectivity index (χ0v) is 14.7. The van der Waals surface area contributed by atoms with Gasteiger partial charge in [-0.3, -0.25) is 4.79 Å². The molecule has 1 amide bonds. The molecule has 25 heavy (non-hydrogen) atoms. The molecule has 2 rings (SSSR count). The fourth-order valence-corrected chi connectivity index (χ4v) is 2.27. The summed E-state index contributed by atoms with van der Waals surface area (Å²) in [5.41, 5.74) is 2.43. The van der Waals surface area contributed by atoms with E-state index in [1.165, 1.54) is 12.1 Å². The van der Waals surface area contributed by atoms with Crippen LogP contribution in [0.3, 0.4) is 0 Å². The number of nitrogens with one attached hydrogen (secondary N) is 2. The molecule has 0 aliphatic rings. The monoisotopic (exact) mass is 344 g/mol. The van der Waals surface area contributed by atoms with Gasteiger partial charge in [0, 0.05) is 30.9 Å². The molecule has 134 valence electrons. The van der Waals surface area contributed by atoms with Crippen LogP contribution in [0.4, 0.5) is 10.1 Å². The maximum absolute atomic E-state index is 12.9. The van der Waals surface area contributed by atoms with Crippen molar-refractivity contribution in [1.82, 2.24) is 5.32 Å². The Bertz CT molecular complexity index is 672. The van der Waals surface area contributed by atoms with Gasteiger partial charge in [-0.2, -0.15) is 0 Å². The van der Waals surface area contributed by atoms with Crippen molar-refractivity contribution in [3.05, 3.63) is 65.5 Å². The minimum atomic E-state index is -0.249. The van der Waals surface area contributed by atoms with E-state index in [0.29, 0.717) is 25.3 Å². The Morgan fingerprint density at radius 1 is 1.16 bits per heavy atom. The molecule has 0 spiro atoms. The molecule has 0 bridgehead atoms. The van der Waals surface area contributed by atoms with E-state index in [1.807, 2.05) is 32.0 Å². The number of carbonyl (C=O) groups excluding carboxylic acids is 1. The summed E-state index contributed by atoms with van der Waals surface area (Å²) >= 11 is 0. The van der Waals surface area contributed by atoms with Crippen LogP contribution < -0.4 is 10.6 Å². The Hall–Kier alpha value is -2.40. The van der Waals surface area contributed by atoms with Crippen LogP contribution in [0.1, 0.15) is 36.2 Å². The van der Waals surface area contributed by atoms with E-state index in [1.54, 1.807) is 18.2 Å². The predicted octanol–water partition coefficient (Wildman–Crippen LogP) is 3.98. The van der Waals surface area contributed by atoms with Crippen LogP contribution >= 0.6 is 0 Å². The van der Waals surface area contributed by atoms with Crippen LogP contribution in [0.5, 0.6) is 0 Å². The summed E-state index contributed by atoms with van der Waals surface area (Å²) in [5.74, 6) is -0.351. The van der Waals surface area contributed by atoms with Crippen molar-refractivity contribution in [2.24, 2.45) is 0 Å². The van der Waals surface area contributed by atoms with Gasteiger partial charge in [0.2, 0.25) is 0 Å². The van der Waals surface area contributed by atoms with Crippen molar-refractivity contribution >= 4 is 11.6 Å². The van der Waals surface area contributed by atoms with Crippen LogP contribution in [-0.4, -0.2) is 25.2 Å². The van der Waals surface area contributed by atoms with Crippen LogP contribution in [0.2, 0.25) is 0 Å². The molecular weight excluding hydrogens is 319 g/mol. The number of amides is 1. The van der Waals surface area contributed by atoms with E-state index >= 15 is 0 Å². The van der Waals surface area contributed by atoms with Gasteiger partial charge < -0.3 is 15.4 Å². The Balaban J connectivity index is 1.81. The van der Waals surface area contributed by atoms with E-state index in [-0.39, 0.29) is 17.8 Å². The fourth-order valence-electron chi connectivity index (χ4n) is 2.27. The molecule has 0 atom stereocenters. The number of benzene rings is 2. The van der Waals surface area contributed by atoms with Gasteiger partial charge in [-0.25, -0.2) is 4.39 Å². The smallest absolute Gasteiger partial charge is 0.251 e.